The molecule has 0 unspecified atom stereocenters. The van der Waals surface area contributed by atoms with Crippen molar-refractivity contribution in [3.63, 3.8) is 0 Å². The van der Waals surface area contributed by atoms with Crippen molar-refractivity contribution in [1.29, 1.82) is 0 Å². The van der Waals surface area contributed by atoms with Crippen molar-refractivity contribution < 1.29 is 19.2 Å². The summed E-state index contributed by atoms with van der Waals surface area (Å²) in [5.41, 5.74) is 5.63. The van der Waals surface area contributed by atoms with Crippen LogP contribution in [0, 0.1) is 10.1 Å². The van der Waals surface area contributed by atoms with Crippen LogP contribution >= 0.6 is 15.9 Å². The Balaban J connectivity index is 1.84. The lowest BCUT2D eigenvalue weighted by Gasteiger charge is -2.12. The number of benzene rings is 2. The fraction of sp³-hybridized carbons (Fsp3) is 0.222. The van der Waals surface area contributed by atoms with Gasteiger partial charge >= 0.3 is 0 Å². The lowest BCUT2D eigenvalue weighted by molar-refractivity contribution is -0.384. The van der Waals surface area contributed by atoms with Gasteiger partial charge in [0.25, 0.3) is 17.5 Å². The molecule has 142 valence electrons. The van der Waals surface area contributed by atoms with Crippen LogP contribution < -0.4 is 15.6 Å². The van der Waals surface area contributed by atoms with Crippen LogP contribution in [0.25, 0.3) is 0 Å². The molecule has 0 bridgehead atoms. The van der Waals surface area contributed by atoms with Gasteiger partial charge in [0.15, 0.2) is 6.61 Å². The van der Waals surface area contributed by atoms with E-state index in [1.54, 1.807) is 6.07 Å². The van der Waals surface area contributed by atoms with E-state index in [9.17, 15) is 19.7 Å². The number of hydrogen-bond acceptors (Lipinski definition) is 5. The van der Waals surface area contributed by atoms with Crippen LogP contribution in [0.2, 0.25) is 0 Å². The molecule has 27 heavy (non-hydrogen) atoms. The lowest BCUT2D eigenvalue weighted by atomic mass is 10.0. The molecule has 2 rings (SSSR count). The van der Waals surface area contributed by atoms with Gasteiger partial charge < -0.3 is 4.74 Å². The van der Waals surface area contributed by atoms with Crippen molar-refractivity contribution in [3.8, 4) is 5.75 Å². The summed E-state index contributed by atoms with van der Waals surface area (Å²) >= 11 is 3.40. The first-order chi connectivity index (χ1) is 12.8. The summed E-state index contributed by atoms with van der Waals surface area (Å²) in [7, 11) is 0. The number of nitrogens with zero attached hydrogens (tertiary/aromatic N) is 1. The van der Waals surface area contributed by atoms with E-state index in [1.807, 2.05) is 12.1 Å². The van der Waals surface area contributed by atoms with Crippen molar-refractivity contribution >= 4 is 33.4 Å². The van der Waals surface area contributed by atoms with Crippen LogP contribution in [0.3, 0.4) is 0 Å². The van der Waals surface area contributed by atoms with Crippen LogP contribution in [0.4, 0.5) is 5.69 Å². The molecule has 0 radical (unpaired) electrons. The number of nitro benzene ring substituents is 1. The molecule has 2 amide bonds. The van der Waals surface area contributed by atoms with Gasteiger partial charge in [-0.05, 0) is 51.7 Å². The molecule has 0 spiro atoms. The first-order valence-corrected chi connectivity index (χ1v) is 8.83. The molecular formula is C18H18BrN3O5. The highest BCUT2D eigenvalue weighted by Crippen LogP contribution is 2.28. The Bertz CT molecular complexity index is 853. The number of nitrogens with one attached hydrogen (secondary N) is 2. The highest BCUT2D eigenvalue weighted by atomic mass is 79.9. The second-order valence-corrected chi connectivity index (χ2v) is 6.79. The number of amides is 2. The van der Waals surface area contributed by atoms with Crippen molar-refractivity contribution in [3.05, 3.63) is 68.2 Å². The van der Waals surface area contributed by atoms with E-state index in [0.717, 1.165) is 10.0 Å². The number of ether oxygens (including phenoxy) is 1. The summed E-state index contributed by atoms with van der Waals surface area (Å²) in [5, 5.41) is 10.6. The molecule has 0 heterocycles. The molecule has 9 heteroatoms. The van der Waals surface area contributed by atoms with Gasteiger partial charge in [0.1, 0.15) is 5.75 Å². The van der Waals surface area contributed by atoms with Crippen LogP contribution in [0.15, 0.2) is 46.9 Å². The predicted molar refractivity (Wildman–Crippen MR) is 102 cm³/mol. The smallest absolute Gasteiger partial charge is 0.276 e. The van der Waals surface area contributed by atoms with Crippen LogP contribution in [0.5, 0.6) is 5.75 Å². The van der Waals surface area contributed by atoms with Gasteiger partial charge in [-0.3, -0.25) is 30.6 Å². The summed E-state index contributed by atoms with van der Waals surface area (Å²) in [5.74, 6) is -0.268. The van der Waals surface area contributed by atoms with Gasteiger partial charge in [0.2, 0.25) is 0 Å². The standard InChI is InChI=1S/C18H18BrN3O5/c1-11(2)13-5-8-16(15(19)9-13)27-10-17(23)20-21-18(24)12-3-6-14(7-4-12)22(25)26/h3-9,11H,10H2,1-2H3,(H,20,23)(H,21,24). The maximum Gasteiger partial charge on any atom is 0.276 e. The average Bonchev–Trinajstić information content (AvgIpc) is 2.64. The number of non-ortho nitro benzene ring substituents is 1. The summed E-state index contributed by atoms with van der Waals surface area (Å²) in [4.78, 5) is 33.8. The van der Waals surface area contributed by atoms with Crippen LogP contribution in [0.1, 0.15) is 35.7 Å². The van der Waals surface area contributed by atoms with E-state index in [4.69, 9.17) is 4.74 Å². The molecule has 0 aliphatic rings. The number of halogens is 1. The minimum atomic E-state index is -0.597. The number of hydrazine groups is 1. The van der Waals surface area contributed by atoms with Gasteiger partial charge in [-0.1, -0.05) is 19.9 Å². The average molecular weight is 436 g/mol. The third-order valence-electron chi connectivity index (χ3n) is 3.64. The summed E-state index contributed by atoms with van der Waals surface area (Å²) in [6, 6.07) is 10.6. The normalized spacial score (nSPS) is 10.4. The molecule has 0 aromatic heterocycles. The van der Waals surface area contributed by atoms with E-state index in [-0.39, 0.29) is 17.9 Å². The molecule has 2 aromatic rings. The minimum absolute atomic E-state index is 0.127. The highest BCUT2D eigenvalue weighted by Gasteiger charge is 2.11. The molecule has 0 fully saturated rings. The maximum atomic E-state index is 11.9. The molecule has 0 aliphatic heterocycles. The zero-order valence-corrected chi connectivity index (χ0v) is 16.3. The molecular weight excluding hydrogens is 418 g/mol. The number of nitro groups is 1. The van der Waals surface area contributed by atoms with Crippen LogP contribution in [-0.4, -0.2) is 23.3 Å². The van der Waals surface area contributed by atoms with E-state index in [0.29, 0.717) is 11.7 Å². The zero-order chi connectivity index (χ0) is 20.0. The molecule has 8 nitrogen and oxygen atoms in total. The molecule has 0 saturated heterocycles. The highest BCUT2D eigenvalue weighted by molar-refractivity contribution is 9.10. The summed E-state index contributed by atoms with van der Waals surface area (Å²) in [6.45, 7) is 3.85. The van der Waals surface area contributed by atoms with E-state index in [1.165, 1.54) is 24.3 Å². The largest absolute Gasteiger partial charge is 0.483 e. The SMILES string of the molecule is CC(C)c1ccc(OCC(=O)NNC(=O)c2ccc([N+](=O)[O-])cc2)c(Br)c1. The topological polar surface area (TPSA) is 111 Å². The number of rotatable bonds is 6. The first-order valence-electron chi connectivity index (χ1n) is 8.04. The van der Waals surface area contributed by atoms with Crippen LogP contribution in [-0.2, 0) is 4.79 Å². The fourth-order valence-corrected chi connectivity index (χ4v) is 2.62. The zero-order valence-electron chi connectivity index (χ0n) is 14.7. The Morgan fingerprint density at radius 1 is 1.15 bits per heavy atom. The third kappa shape index (κ3) is 5.78. The van der Waals surface area contributed by atoms with E-state index >= 15 is 0 Å². The predicted octanol–water partition coefficient (Wildman–Crippen LogP) is 3.32. The Kier molecular flexibility index (Phi) is 6.89. The van der Waals surface area contributed by atoms with Crippen molar-refractivity contribution in [1.82, 2.24) is 10.9 Å². The number of hydrogen-bond donors (Lipinski definition) is 2. The van der Waals surface area contributed by atoms with Crippen molar-refractivity contribution in [2.75, 3.05) is 6.61 Å². The number of carbonyl (C=O) groups excluding carboxylic acids is 2. The first kappa shape index (κ1) is 20.4. The molecule has 2 N–H and O–H groups in total. The van der Waals surface area contributed by atoms with Gasteiger partial charge in [0.05, 0.1) is 9.40 Å². The lowest BCUT2D eigenvalue weighted by Crippen LogP contribution is -2.43. The minimum Gasteiger partial charge on any atom is -0.483 e. The second-order valence-electron chi connectivity index (χ2n) is 5.94. The molecule has 2 aromatic carbocycles. The Morgan fingerprint density at radius 3 is 2.37 bits per heavy atom. The fourth-order valence-electron chi connectivity index (χ4n) is 2.11. The van der Waals surface area contributed by atoms with Gasteiger partial charge in [-0.15, -0.1) is 0 Å². The van der Waals surface area contributed by atoms with E-state index in [2.05, 4.69) is 40.6 Å². The van der Waals surface area contributed by atoms with Gasteiger partial charge in [-0.25, -0.2) is 0 Å². The molecule has 0 saturated carbocycles. The van der Waals surface area contributed by atoms with Crippen molar-refractivity contribution in [2.45, 2.75) is 19.8 Å². The number of carbonyl (C=O) groups is 2. The van der Waals surface area contributed by atoms with Gasteiger partial charge in [-0.2, -0.15) is 0 Å². The summed E-state index contributed by atoms with van der Waals surface area (Å²) < 4.78 is 6.16. The third-order valence-corrected chi connectivity index (χ3v) is 4.26. The summed E-state index contributed by atoms with van der Waals surface area (Å²) in [6.07, 6.45) is 0. The van der Waals surface area contributed by atoms with Crippen molar-refractivity contribution in [2.24, 2.45) is 0 Å². The molecule has 0 atom stereocenters. The van der Waals surface area contributed by atoms with Gasteiger partial charge in [0, 0.05) is 17.7 Å². The quantitative estimate of drug-likeness (QED) is 0.533. The Morgan fingerprint density at radius 2 is 1.81 bits per heavy atom. The van der Waals surface area contributed by atoms with E-state index < -0.39 is 16.7 Å². The molecule has 0 aliphatic carbocycles. The Labute approximate surface area is 164 Å². The maximum absolute atomic E-state index is 11.9. The Hall–Kier alpha value is -2.94. The monoisotopic (exact) mass is 435 g/mol. The second kappa shape index (κ2) is 9.13.